The van der Waals surface area contributed by atoms with Gasteiger partial charge in [-0.05, 0) is 59.5 Å². The zero-order valence-electron chi connectivity index (χ0n) is 18.6. The van der Waals surface area contributed by atoms with E-state index in [0.717, 1.165) is 39.4 Å². The summed E-state index contributed by atoms with van der Waals surface area (Å²) in [7, 11) is 0. The van der Waals surface area contributed by atoms with Crippen molar-refractivity contribution in [3.05, 3.63) is 89.1 Å². The van der Waals surface area contributed by atoms with Crippen LogP contribution in [-0.2, 0) is 9.53 Å². The van der Waals surface area contributed by atoms with Gasteiger partial charge >= 0.3 is 0 Å². The van der Waals surface area contributed by atoms with Crippen molar-refractivity contribution in [3.63, 3.8) is 0 Å². The molecular weight excluding hydrogens is 451 g/mol. The van der Waals surface area contributed by atoms with Gasteiger partial charge in [-0.3, -0.25) is 4.79 Å². The van der Waals surface area contributed by atoms with Gasteiger partial charge in [-0.15, -0.1) is 11.8 Å². The lowest BCUT2D eigenvalue weighted by molar-refractivity contribution is -0.124. The summed E-state index contributed by atoms with van der Waals surface area (Å²) >= 11 is 1.73. The zero-order valence-corrected chi connectivity index (χ0v) is 19.4. The number of hydrogen-bond donors (Lipinski definition) is 0. The lowest BCUT2D eigenvalue weighted by atomic mass is 9.91. The first-order chi connectivity index (χ1) is 16.6. The molecular formula is C27H25FN2O3S. The second kappa shape index (κ2) is 10.1. The lowest BCUT2D eigenvalue weighted by Crippen LogP contribution is -2.46. The Labute approximate surface area is 202 Å². The first-order valence-electron chi connectivity index (χ1n) is 11.5. The van der Waals surface area contributed by atoms with E-state index in [4.69, 9.17) is 4.74 Å². The highest BCUT2D eigenvalue weighted by atomic mass is 32.2. The van der Waals surface area contributed by atoms with Gasteiger partial charge in [0.05, 0.1) is 24.6 Å². The van der Waals surface area contributed by atoms with Crippen molar-refractivity contribution in [2.75, 3.05) is 17.3 Å². The number of hydrogen-bond acceptors (Lipinski definition) is 5. The molecule has 3 unspecified atom stereocenters. The van der Waals surface area contributed by atoms with E-state index in [0.29, 0.717) is 19.4 Å². The fourth-order valence-corrected chi connectivity index (χ4v) is 5.45. The highest BCUT2D eigenvalue weighted by Gasteiger charge is 2.38. The molecule has 0 N–H and O–H groups in total. The molecule has 2 aliphatic heterocycles. The van der Waals surface area contributed by atoms with Crippen molar-refractivity contribution >= 4 is 23.4 Å². The molecule has 0 radical (unpaired) electrons. The van der Waals surface area contributed by atoms with E-state index in [1.165, 1.54) is 12.1 Å². The molecule has 2 aliphatic rings. The van der Waals surface area contributed by atoms with Gasteiger partial charge in [0.15, 0.2) is 0 Å². The number of thioether (sulfide) groups is 1. The Bertz CT molecular complexity index is 1150. The van der Waals surface area contributed by atoms with Crippen molar-refractivity contribution in [2.24, 2.45) is 5.18 Å². The van der Waals surface area contributed by atoms with Crippen LogP contribution in [0.3, 0.4) is 0 Å². The molecule has 1 amide bonds. The third-order valence-corrected chi connectivity index (χ3v) is 7.60. The number of halogens is 1. The highest BCUT2D eigenvalue weighted by molar-refractivity contribution is 7.99. The molecule has 3 aromatic rings. The maximum Gasteiger partial charge on any atom is 0.230 e. The summed E-state index contributed by atoms with van der Waals surface area (Å²) in [6, 6.07) is 22.6. The maximum absolute atomic E-state index is 13.3. The molecule has 2 heterocycles. The van der Waals surface area contributed by atoms with Crippen LogP contribution in [0.4, 0.5) is 10.1 Å². The minimum absolute atomic E-state index is 0.0261. The molecule has 3 atom stereocenters. The van der Waals surface area contributed by atoms with Crippen LogP contribution in [0.25, 0.3) is 11.1 Å². The van der Waals surface area contributed by atoms with Crippen LogP contribution in [0.2, 0.25) is 0 Å². The third kappa shape index (κ3) is 4.91. The largest absolute Gasteiger partial charge is 0.377 e. The fourth-order valence-electron chi connectivity index (χ4n) is 4.51. The molecule has 5 nitrogen and oxygen atoms in total. The summed E-state index contributed by atoms with van der Waals surface area (Å²) in [6.45, 7) is 0.604. The molecule has 5 rings (SSSR count). The number of anilines is 1. The van der Waals surface area contributed by atoms with Crippen LogP contribution in [0.5, 0.6) is 0 Å². The van der Waals surface area contributed by atoms with Crippen molar-refractivity contribution in [1.29, 1.82) is 0 Å². The van der Waals surface area contributed by atoms with Gasteiger partial charge in [0, 0.05) is 29.4 Å². The Morgan fingerprint density at radius 1 is 0.971 bits per heavy atom. The van der Waals surface area contributed by atoms with E-state index in [1.54, 1.807) is 28.8 Å². The van der Waals surface area contributed by atoms with Crippen LogP contribution in [0, 0.1) is 10.7 Å². The van der Waals surface area contributed by atoms with Crippen LogP contribution >= 0.6 is 11.8 Å². The lowest BCUT2D eigenvalue weighted by Gasteiger charge is -2.40. The Morgan fingerprint density at radius 2 is 1.65 bits per heavy atom. The summed E-state index contributed by atoms with van der Waals surface area (Å²) in [5.74, 6) is 0.545. The van der Waals surface area contributed by atoms with Crippen molar-refractivity contribution in [1.82, 2.24) is 0 Å². The van der Waals surface area contributed by atoms with Crippen LogP contribution < -0.4 is 4.90 Å². The topological polar surface area (TPSA) is 59.0 Å². The number of nitroso groups, excluding NO2 is 1. The van der Waals surface area contributed by atoms with Gasteiger partial charge in [0.1, 0.15) is 5.82 Å². The average molecular weight is 477 g/mol. The minimum Gasteiger partial charge on any atom is -0.377 e. The van der Waals surface area contributed by atoms with E-state index >= 15 is 0 Å². The molecule has 2 fully saturated rings. The number of benzene rings is 3. The van der Waals surface area contributed by atoms with Crippen molar-refractivity contribution in [2.45, 2.75) is 42.3 Å². The Kier molecular flexibility index (Phi) is 6.74. The molecule has 34 heavy (non-hydrogen) atoms. The molecule has 2 saturated heterocycles. The van der Waals surface area contributed by atoms with E-state index in [1.807, 2.05) is 0 Å². The van der Waals surface area contributed by atoms with E-state index in [2.05, 4.69) is 53.7 Å². The second-order valence-corrected chi connectivity index (χ2v) is 9.79. The summed E-state index contributed by atoms with van der Waals surface area (Å²) < 4.78 is 19.0. The Hall–Kier alpha value is -3.03. The molecule has 3 aromatic carbocycles. The molecule has 0 saturated carbocycles. The summed E-state index contributed by atoms with van der Waals surface area (Å²) in [5, 5.41) is 3.18. The molecule has 0 aliphatic carbocycles. The summed E-state index contributed by atoms with van der Waals surface area (Å²) in [6.07, 6.45) is 1.95. The number of ether oxygens (including phenoxy) is 1. The summed E-state index contributed by atoms with van der Waals surface area (Å²) in [5.41, 5.74) is 4.01. The molecule has 0 bridgehead atoms. The van der Waals surface area contributed by atoms with Crippen LogP contribution in [-0.4, -0.2) is 30.4 Å². The van der Waals surface area contributed by atoms with Gasteiger partial charge in [-0.1, -0.05) is 41.6 Å². The van der Waals surface area contributed by atoms with Crippen LogP contribution in [0.1, 0.15) is 30.9 Å². The minimum atomic E-state index is -0.312. The van der Waals surface area contributed by atoms with Crippen molar-refractivity contribution < 1.29 is 13.9 Å². The number of carbonyl (C=O) groups is 1. The van der Waals surface area contributed by atoms with Gasteiger partial charge in [-0.25, -0.2) is 4.39 Å². The normalized spacial score (nSPS) is 22.3. The van der Waals surface area contributed by atoms with Crippen molar-refractivity contribution in [3.8, 4) is 11.1 Å². The molecule has 0 aromatic heterocycles. The number of β-lactam (4-membered cyclic amide) rings is 1. The molecule has 7 heteroatoms. The fraction of sp³-hybridized carbons (Fsp3) is 0.296. The summed E-state index contributed by atoms with van der Waals surface area (Å²) in [4.78, 5) is 25.9. The standard InChI is InChI=1S/C27H25FN2O3S/c28-21-7-9-23(10-8-21)30-26(16-27(30)31)20-3-1-18(2-4-20)19-5-11-25(12-6-19)34-17-24-15-22(29-32)13-14-33-24/h1-12,22,24,26H,13-17H2. The van der Waals surface area contributed by atoms with E-state index < -0.39 is 0 Å². The zero-order chi connectivity index (χ0) is 23.5. The number of nitrogens with zero attached hydrogens (tertiary/aromatic N) is 2. The first kappa shape index (κ1) is 22.7. The monoisotopic (exact) mass is 476 g/mol. The maximum atomic E-state index is 13.3. The second-order valence-electron chi connectivity index (χ2n) is 8.69. The molecule has 174 valence electrons. The first-order valence-corrected chi connectivity index (χ1v) is 12.4. The number of rotatable bonds is 7. The molecule has 0 spiro atoms. The van der Waals surface area contributed by atoms with Crippen LogP contribution in [0.15, 0.2) is 82.9 Å². The van der Waals surface area contributed by atoms with E-state index in [9.17, 15) is 14.1 Å². The van der Waals surface area contributed by atoms with E-state index in [-0.39, 0.29) is 29.9 Å². The van der Waals surface area contributed by atoms with Gasteiger partial charge < -0.3 is 9.64 Å². The average Bonchev–Trinajstić information content (AvgIpc) is 2.88. The Balaban J connectivity index is 1.21. The SMILES string of the molecule is O=NC1CCOC(CSc2ccc(-c3ccc(C4CC(=O)N4c4ccc(F)cc4)cc3)cc2)C1. The predicted molar refractivity (Wildman–Crippen MR) is 132 cm³/mol. The number of amides is 1. The van der Waals surface area contributed by atoms with Gasteiger partial charge in [-0.2, -0.15) is 4.91 Å². The predicted octanol–water partition coefficient (Wildman–Crippen LogP) is 6.38. The quantitative estimate of drug-likeness (QED) is 0.226. The highest BCUT2D eigenvalue weighted by Crippen LogP contribution is 2.39. The van der Waals surface area contributed by atoms with Gasteiger partial charge in [0.25, 0.3) is 0 Å². The third-order valence-electron chi connectivity index (χ3n) is 6.46. The smallest absolute Gasteiger partial charge is 0.230 e. The van der Waals surface area contributed by atoms with Gasteiger partial charge in [0.2, 0.25) is 5.91 Å². The Morgan fingerprint density at radius 3 is 2.29 bits per heavy atom. The number of carbonyl (C=O) groups excluding carboxylic acids is 1.